The second-order valence-corrected chi connectivity index (χ2v) is 7.19. The highest BCUT2D eigenvalue weighted by Crippen LogP contribution is 2.21. The topological polar surface area (TPSA) is 55.3 Å². The molecular formula is C26H23N3O2. The maximum atomic E-state index is 13.2. The molecule has 1 amide bonds. The molecule has 3 aromatic carbocycles. The molecule has 0 atom stereocenters. The molecule has 0 N–H and O–H groups in total. The number of ether oxygens (including phenoxy) is 1. The Labute approximate surface area is 182 Å². The molecule has 5 nitrogen and oxygen atoms in total. The highest BCUT2D eigenvalue weighted by atomic mass is 16.5. The maximum Gasteiger partial charge on any atom is 0.278 e. The molecule has 4 rings (SSSR count). The van der Waals surface area contributed by atoms with Crippen LogP contribution in [0.2, 0.25) is 0 Å². The monoisotopic (exact) mass is 409 g/mol. The fourth-order valence-corrected chi connectivity index (χ4v) is 3.14. The molecule has 0 unspecified atom stereocenters. The van der Waals surface area contributed by atoms with Crippen LogP contribution in [0.25, 0.3) is 0 Å². The number of nitrogens with zero attached hydrogens (tertiary/aromatic N) is 3. The first-order valence-corrected chi connectivity index (χ1v) is 10.1. The lowest BCUT2D eigenvalue weighted by Crippen LogP contribution is -2.31. The predicted molar refractivity (Wildman–Crippen MR) is 121 cm³/mol. The van der Waals surface area contributed by atoms with Gasteiger partial charge in [-0.15, -0.1) is 0 Å². The first-order chi connectivity index (χ1) is 15.2. The summed E-state index contributed by atoms with van der Waals surface area (Å²) in [5.74, 6) is 0.595. The van der Waals surface area contributed by atoms with Crippen molar-refractivity contribution in [3.05, 3.63) is 120 Å². The van der Waals surface area contributed by atoms with Crippen molar-refractivity contribution < 1.29 is 9.53 Å². The minimum absolute atomic E-state index is 0.192. The number of hydrogen-bond acceptors (Lipinski definition) is 4. The van der Waals surface area contributed by atoms with Crippen molar-refractivity contribution in [2.75, 3.05) is 4.90 Å². The average molecular weight is 409 g/mol. The molecular weight excluding hydrogens is 386 g/mol. The number of aryl methyl sites for hydroxylation is 1. The lowest BCUT2D eigenvalue weighted by Gasteiger charge is -2.23. The highest BCUT2D eigenvalue weighted by Gasteiger charge is 2.19. The molecule has 0 aliphatic heterocycles. The second kappa shape index (κ2) is 9.67. The Kier molecular flexibility index (Phi) is 6.33. The van der Waals surface area contributed by atoms with E-state index in [2.05, 4.69) is 9.97 Å². The number of anilines is 1. The number of amides is 1. The summed E-state index contributed by atoms with van der Waals surface area (Å²) in [6.45, 7) is 2.77. The molecule has 154 valence electrons. The first kappa shape index (κ1) is 20.3. The van der Waals surface area contributed by atoms with Gasteiger partial charge in [-0.2, -0.15) is 0 Å². The maximum absolute atomic E-state index is 13.2. The Bertz CT molecular complexity index is 1110. The minimum Gasteiger partial charge on any atom is -0.489 e. The van der Waals surface area contributed by atoms with Crippen molar-refractivity contribution in [1.82, 2.24) is 9.97 Å². The molecule has 0 fully saturated rings. The van der Waals surface area contributed by atoms with E-state index < -0.39 is 0 Å². The normalized spacial score (nSPS) is 10.5. The molecule has 31 heavy (non-hydrogen) atoms. The van der Waals surface area contributed by atoms with E-state index in [0.717, 1.165) is 28.3 Å². The number of carbonyl (C=O) groups excluding carboxylic acids is 1. The first-order valence-electron chi connectivity index (χ1n) is 10.1. The molecule has 0 saturated heterocycles. The van der Waals surface area contributed by atoms with Gasteiger partial charge < -0.3 is 9.64 Å². The largest absolute Gasteiger partial charge is 0.489 e. The van der Waals surface area contributed by atoms with Crippen LogP contribution in [0.5, 0.6) is 5.75 Å². The number of hydrogen-bond donors (Lipinski definition) is 0. The Morgan fingerprint density at radius 1 is 0.806 bits per heavy atom. The zero-order valence-corrected chi connectivity index (χ0v) is 17.3. The highest BCUT2D eigenvalue weighted by molar-refractivity contribution is 6.04. The van der Waals surface area contributed by atoms with Gasteiger partial charge >= 0.3 is 0 Å². The summed E-state index contributed by atoms with van der Waals surface area (Å²) >= 11 is 0. The van der Waals surface area contributed by atoms with Gasteiger partial charge in [0.05, 0.1) is 18.4 Å². The van der Waals surface area contributed by atoms with E-state index in [9.17, 15) is 4.79 Å². The number of carbonyl (C=O) groups is 1. The van der Waals surface area contributed by atoms with E-state index in [1.54, 1.807) is 11.1 Å². The van der Waals surface area contributed by atoms with Gasteiger partial charge in [-0.05, 0) is 42.3 Å². The summed E-state index contributed by atoms with van der Waals surface area (Å²) in [6, 6.07) is 27.4. The zero-order chi connectivity index (χ0) is 21.5. The standard InChI is InChI=1S/C26H23N3O2/c1-20-16-28-25(17-27-20)26(30)29(23-10-6-3-7-11-23)18-21-12-14-24(15-13-21)31-19-22-8-4-2-5-9-22/h2-17H,18-19H2,1H3. The van der Waals surface area contributed by atoms with Gasteiger partial charge in [-0.25, -0.2) is 4.98 Å². The van der Waals surface area contributed by atoms with E-state index in [4.69, 9.17) is 4.74 Å². The summed E-state index contributed by atoms with van der Waals surface area (Å²) in [7, 11) is 0. The molecule has 0 radical (unpaired) electrons. The van der Waals surface area contributed by atoms with Crippen LogP contribution in [0.4, 0.5) is 5.69 Å². The zero-order valence-electron chi connectivity index (χ0n) is 17.3. The van der Waals surface area contributed by atoms with E-state index >= 15 is 0 Å². The molecule has 5 heteroatoms. The average Bonchev–Trinajstić information content (AvgIpc) is 2.83. The Morgan fingerprint density at radius 3 is 2.13 bits per heavy atom. The van der Waals surface area contributed by atoms with Crippen LogP contribution in [0.3, 0.4) is 0 Å². The van der Waals surface area contributed by atoms with Crippen LogP contribution < -0.4 is 9.64 Å². The van der Waals surface area contributed by atoms with Gasteiger partial charge in [0.2, 0.25) is 0 Å². The lowest BCUT2D eigenvalue weighted by atomic mass is 10.1. The van der Waals surface area contributed by atoms with Gasteiger partial charge in [0.15, 0.2) is 0 Å². The molecule has 0 aliphatic carbocycles. The Hall–Kier alpha value is -3.99. The number of rotatable bonds is 7. The third kappa shape index (κ3) is 5.34. The van der Waals surface area contributed by atoms with E-state index in [1.807, 2.05) is 91.9 Å². The lowest BCUT2D eigenvalue weighted by molar-refractivity contribution is 0.0980. The van der Waals surface area contributed by atoms with Crippen LogP contribution in [0.1, 0.15) is 27.3 Å². The number of para-hydroxylation sites is 1. The van der Waals surface area contributed by atoms with Crippen LogP contribution in [0, 0.1) is 6.92 Å². The van der Waals surface area contributed by atoms with Crippen molar-refractivity contribution in [2.45, 2.75) is 20.1 Å². The molecule has 1 heterocycles. The van der Waals surface area contributed by atoms with Crippen molar-refractivity contribution >= 4 is 11.6 Å². The van der Waals surface area contributed by atoms with Crippen molar-refractivity contribution in [3.63, 3.8) is 0 Å². The van der Waals surface area contributed by atoms with Crippen LogP contribution in [-0.2, 0) is 13.2 Å². The van der Waals surface area contributed by atoms with Crippen molar-refractivity contribution in [2.24, 2.45) is 0 Å². The minimum atomic E-state index is -0.192. The quantitative estimate of drug-likeness (QED) is 0.420. The number of aromatic nitrogens is 2. The van der Waals surface area contributed by atoms with Crippen LogP contribution >= 0.6 is 0 Å². The third-order valence-corrected chi connectivity index (χ3v) is 4.83. The van der Waals surface area contributed by atoms with Gasteiger partial charge in [0, 0.05) is 11.9 Å². The molecule has 0 saturated carbocycles. The van der Waals surface area contributed by atoms with E-state index in [1.165, 1.54) is 6.20 Å². The third-order valence-electron chi connectivity index (χ3n) is 4.83. The Balaban J connectivity index is 1.50. The van der Waals surface area contributed by atoms with Gasteiger partial charge in [-0.1, -0.05) is 60.7 Å². The van der Waals surface area contributed by atoms with E-state index in [0.29, 0.717) is 18.8 Å². The van der Waals surface area contributed by atoms with Gasteiger partial charge in [0.25, 0.3) is 5.91 Å². The SMILES string of the molecule is Cc1cnc(C(=O)N(Cc2ccc(OCc3ccccc3)cc2)c2ccccc2)cn1. The van der Waals surface area contributed by atoms with E-state index in [-0.39, 0.29) is 5.91 Å². The molecule has 0 aliphatic rings. The van der Waals surface area contributed by atoms with Gasteiger partial charge in [-0.3, -0.25) is 9.78 Å². The van der Waals surface area contributed by atoms with Gasteiger partial charge in [0.1, 0.15) is 18.1 Å². The fraction of sp³-hybridized carbons (Fsp3) is 0.115. The second-order valence-electron chi connectivity index (χ2n) is 7.19. The summed E-state index contributed by atoms with van der Waals surface area (Å²) in [4.78, 5) is 23.4. The fourth-order valence-electron chi connectivity index (χ4n) is 3.14. The molecule has 4 aromatic rings. The summed E-state index contributed by atoms with van der Waals surface area (Å²) in [5.41, 5.74) is 4.00. The van der Waals surface area contributed by atoms with Crippen molar-refractivity contribution in [3.8, 4) is 5.75 Å². The van der Waals surface area contributed by atoms with Crippen LogP contribution in [0.15, 0.2) is 97.3 Å². The summed E-state index contributed by atoms with van der Waals surface area (Å²) < 4.78 is 5.87. The molecule has 0 bridgehead atoms. The molecule has 1 aromatic heterocycles. The number of benzene rings is 3. The smallest absolute Gasteiger partial charge is 0.278 e. The Morgan fingerprint density at radius 2 is 1.48 bits per heavy atom. The van der Waals surface area contributed by atoms with Crippen molar-refractivity contribution in [1.29, 1.82) is 0 Å². The molecule has 0 spiro atoms. The predicted octanol–water partition coefficient (Wildman–Crippen LogP) is 5.21. The summed E-state index contributed by atoms with van der Waals surface area (Å²) in [6.07, 6.45) is 3.13. The summed E-state index contributed by atoms with van der Waals surface area (Å²) in [5, 5.41) is 0. The van der Waals surface area contributed by atoms with Crippen LogP contribution in [-0.4, -0.2) is 15.9 Å².